The molecule has 58 valence electrons. The fourth-order valence-electron chi connectivity index (χ4n) is 0.722. The molecule has 0 spiro atoms. The van der Waals surface area contributed by atoms with Crippen LogP contribution in [0.3, 0.4) is 0 Å². The Morgan fingerprint density at radius 2 is 2.10 bits per heavy atom. The van der Waals surface area contributed by atoms with Crippen molar-refractivity contribution in [2.75, 3.05) is 0 Å². The minimum atomic E-state index is 0. The Bertz CT molecular complexity index is 163. The van der Waals surface area contributed by atoms with Gasteiger partial charge in [-0.1, -0.05) is 14.4 Å². The highest BCUT2D eigenvalue weighted by Gasteiger charge is 1.97. The molecule has 10 heavy (non-hydrogen) atoms. The zero-order valence-corrected chi connectivity index (χ0v) is 5.70. The van der Waals surface area contributed by atoms with E-state index in [1.54, 1.807) is 4.68 Å². The van der Waals surface area contributed by atoms with E-state index in [1.165, 1.54) is 0 Å². The van der Waals surface area contributed by atoms with Crippen LogP contribution >= 0.6 is 0 Å². The maximum absolute atomic E-state index is 3.81. The van der Waals surface area contributed by atoms with Crippen molar-refractivity contribution < 1.29 is 0 Å². The van der Waals surface area contributed by atoms with Crippen molar-refractivity contribution >= 4 is 0 Å². The molecule has 0 aliphatic carbocycles. The van der Waals surface area contributed by atoms with Crippen LogP contribution in [0.2, 0.25) is 0 Å². The van der Waals surface area contributed by atoms with E-state index < -0.39 is 0 Å². The number of hydrogen-bond donors (Lipinski definition) is 0. The van der Waals surface area contributed by atoms with Crippen LogP contribution in [-0.2, 0) is 13.0 Å². The van der Waals surface area contributed by atoms with Crippen molar-refractivity contribution in [1.82, 2.24) is 20.2 Å². The van der Waals surface area contributed by atoms with Crippen molar-refractivity contribution in [3.8, 4) is 0 Å². The van der Waals surface area contributed by atoms with Crippen molar-refractivity contribution in [3.05, 3.63) is 5.82 Å². The third-order valence-electron chi connectivity index (χ3n) is 1.22. The molecular weight excluding hydrogens is 128 g/mol. The Morgan fingerprint density at radius 1 is 1.40 bits per heavy atom. The maximum Gasteiger partial charge on any atom is 0.150 e. The topological polar surface area (TPSA) is 43.6 Å². The first-order valence-electron chi connectivity index (χ1n) is 3.13. The first-order valence-corrected chi connectivity index (χ1v) is 3.13. The largest absolute Gasteiger partial charge is 0.230 e. The van der Waals surface area contributed by atoms with Crippen LogP contribution < -0.4 is 0 Å². The van der Waals surface area contributed by atoms with E-state index in [4.69, 9.17) is 0 Å². The van der Waals surface area contributed by atoms with Gasteiger partial charge in [0.05, 0.1) is 0 Å². The van der Waals surface area contributed by atoms with Crippen LogP contribution in [0.1, 0.15) is 27.1 Å². The molecule has 0 fully saturated rings. The van der Waals surface area contributed by atoms with Gasteiger partial charge in [-0.25, -0.2) is 4.68 Å². The molecule has 0 aliphatic heterocycles. The molecule has 0 amide bonds. The molecule has 0 unspecified atom stereocenters. The number of aromatic nitrogens is 4. The molecule has 1 aromatic heterocycles. The molecule has 0 saturated carbocycles. The minimum Gasteiger partial charge on any atom is -0.230 e. The van der Waals surface area contributed by atoms with Crippen molar-refractivity contribution in [3.63, 3.8) is 0 Å². The Morgan fingerprint density at radius 3 is 2.50 bits per heavy atom. The van der Waals surface area contributed by atoms with E-state index in [2.05, 4.69) is 15.5 Å². The highest BCUT2D eigenvalue weighted by molar-refractivity contribution is 4.77. The monoisotopic (exact) mass is 142 g/mol. The smallest absolute Gasteiger partial charge is 0.150 e. The van der Waals surface area contributed by atoms with Gasteiger partial charge < -0.3 is 0 Å². The first kappa shape index (κ1) is 9.07. The Hall–Kier alpha value is -0.930. The standard InChI is InChI=1S/C5H10N4.CH4/c1-3-5-6-7-8-9(5)4-2;/h3-4H2,1-2H3;1H4. The predicted molar refractivity (Wildman–Crippen MR) is 39.6 cm³/mol. The first-order chi connectivity index (χ1) is 4.38. The van der Waals surface area contributed by atoms with Gasteiger partial charge in [0.2, 0.25) is 0 Å². The number of aryl methyl sites for hydroxylation is 2. The Labute approximate surface area is 61.2 Å². The molecule has 0 N–H and O–H groups in total. The van der Waals surface area contributed by atoms with E-state index in [-0.39, 0.29) is 7.43 Å². The summed E-state index contributed by atoms with van der Waals surface area (Å²) in [6.45, 7) is 4.92. The zero-order valence-electron chi connectivity index (χ0n) is 5.70. The second-order valence-corrected chi connectivity index (χ2v) is 1.76. The van der Waals surface area contributed by atoms with E-state index in [0.717, 1.165) is 18.8 Å². The quantitative estimate of drug-likeness (QED) is 0.616. The van der Waals surface area contributed by atoms with E-state index in [0.29, 0.717) is 0 Å². The average molecular weight is 142 g/mol. The molecule has 1 rings (SSSR count). The number of rotatable bonds is 2. The summed E-state index contributed by atoms with van der Waals surface area (Å²) in [5.74, 6) is 0.956. The second-order valence-electron chi connectivity index (χ2n) is 1.76. The summed E-state index contributed by atoms with van der Waals surface area (Å²) in [6, 6.07) is 0. The summed E-state index contributed by atoms with van der Waals surface area (Å²) in [5, 5.41) is 11.1. The molecule has 0 atom stereocenters. The van der Waals surface area contributed by atoms with Crippen LogP contribution in [0.25, 0.3) is 0 Å². The fourth-order valence-corrected chi connectivity index (χ4v) is 0.722. The lowest BCUT2D eigenvalue weighted by Crippen LogP contribution is -2.01. The zero-order chi connectivity index (χ0) is 6.69. The lowest BCUT2D eigenvalue weighted by molar-refractivity contribution is 0.600. The molecule has 0 aromatic carbocycles. The van der Waals surface area contributed by atoms with Gasteiger partial charge in [0.15, 0.2) is 5.82 Å². The highest BCUT2D eigenvalue weighted by atomic mass is 15.5. The summed E-state index contributed by atoms with van der Waals surface area (Å²) < 4.78 is 1.79. The maximum atomic E-state index is 3.81. The Kier molecular flexibility index (Phi) is 3.61. The van der Waals surface area contributed by atoms with E-state index in [9.17, 15) is 0 Å². The molecule has 1 heterocycles. The van der Waals surface area contributed by atoms with Crippen molar-refractivity contribution in [2.24, 2.45) is 0 Å². The summed E-state index contributed by atoms with van der Waals surface area (Å²) in [7, 11) is 0. The van der Waals surface area contributed by atoms with Crippen LogP contribution in [0.5, 0.6) is 0 Å². The van der Waals surface area contributed by atoms with Crippen LogP contribution in [0.4, 0.5) is 0 Å². The lowest BCUT2D eigenvalue weighted by atomic mass is 10.4. The van der Waals surface area contributed by atoms with Crippen molar-refractivity contribution in [1.29, 1.82) is 0 Å². The third kappa shape index (κ3) is 1.52. The molecule has 0 aliphatic rings. The SMILES string of the molecule is C.CCc1nnnn1CC. The summed E-state index contributed by atoms with van der Waals surface area (Å²) >= 11 is 0. The van der Waals surface area contributed by atoms with Gasteiger partial charge >= 0.3 is 0 Å². The molecule has 4 heteroatoms. The number of tetrazole rings is 1. The minimum absolute atomic E-state index is 0. The summed E-state index contributed by atoms with van der Waals surface area (Å²) in [4.78, 5) is 0. The van der Waals surface area contributed by atoms with Gasteiger partial charge in [0, 0.05) is 13.0 Å². The molecule has 0 saturated heterocycles. The molecule has 0 bridgehead atoms. The van der Waals surface area contributed by atoms with Gasteiger partial charge in [-0.2, -0.15) is 0 Å². The second kappa shape index (κ2) is 3.98. The third-order valence-corrected chi connectivity index (χ3v) is 1.22. The average Bonchev–Trinajstić information content (AvgIpc) is 2.33. The Balaban J connectivity index is 0.000000810. The van der Waals surface area contributed by atoms with Gasteiger partial charge in [-0.05, 0) is 17.4 Å². The highest BCUT2D eigenvalue weighted by Crippen LogP contribution is 1.90. The van der Waals surface area contributed by atoms with Crippen LogP contribution in [0, 0.1) is 0 Å². The molecule has 0 radical (unpaired) electrons. The fraction of sp³-hybridized carbons (Fsp3) is 0.833. The van der Waals surface area contributed by atoms with Gasteiger partial charge in [-0.15, -0.1) is 5.10 Å². The summed E-state index contributed by atoms with van der Waals surface area (Å²) in [5.41, 5.74) is 0. The molecular formula is C6H14N4. The lowest BCUT2D eigenvalue weighted by Gasteiger charge is -1.93. The van der Waals surface area contributed by atoms with Crippen molar-refractivity contribution in [2.45, 2.75) is 34.2 Å². The molecule has 1 aromatic rings. The van der Waals surface area contributed by atoms with E-state index >= 15 is 0 Å². The molecule has 4 nitrogen and oxygen atoms in total. The number of nitrogens with zero attached hydrogens (tertiary/aromatic N) is 4. The van der Waals surface area contributed by atoms with Crippen LogP contribution in [-0.4, -0.2) is 20.2 Å². The predicted octanol–water partition coefficient (Wildman–Crippen LogP) is 0.891. The normalized spacial score (nSPS) is 9.00. The van der Waals surface area contributed by atoms with Gasteiger partial charge in [0.1, 0.15) is 0 Å². The van der Waals surface area contributed by atoms with Gasteiger partial charge in [0.25, 0.3) is 0 Å². The van der Waals surface area contributed by atoms with Crippen LogP contribution in [0.15, 0.2) is 0 Å². The van der Waals surface area contributed by atoms with Gasteiger partial charge in [-0.3, -0.25) is 0 Å². The van der Waals surface area contributed by atoms with E-state index in [1.807, 2.05) is 13.8 Å². The summed E-state index contributed by atoms with van der Waals surface area (Å²) in [6.07, 6.45) is 0.904. The number of hydrogen-bond acceptors (Lipinski definition) is 3.